The molecule has 1 aliphatic carbocycles. The summed E-state index contributed by atoms with van der Waals surface area (Å²) in [4.78, 5) is 25.6. The van der Waals surface area contributed by atoms with Crippen molar-refractivity contribution in [3.63, 3.8) is 0 Å². The standard InChI is InChI=1S/C28H28BrClN2O3/c29-24-17-20(11-14-26(24)35-16-15-19-7-3-1-4-8-19)27(33)32-22-12-13-25(30)23(18-22)28(34)31-21-9-5-2-6-10-21/h1,3-4,7-8,11-14,17-18,21H,2,5-6,9-10,15-16H2,(H,31,34)(H,32,33). The van der Waals surface area contributed by atoms with Crippen LogP contribution in [-0.4, -0.2) is 24.5 Å². The van der Waals surface area contributed by atoms with E-state index in [-0.39, 0.29) is 17.9 Å². The zero-order valence-electron chi connectivity index (χ0n) is 19.4. The van der Waals surface area contributed by atoms with Crippen molar-refractivity contribution in [3.8, 4) is 5.75 Å². The van der Waals surface area contributed by atoms with Gasteiger partial charge >= 0.3 is 0 Å². The van der Waals surface area contributed by atoms with Crippen LogP contribution in [0.5, 0.6) is 5.75 Å². The van der Waals surface area contributed by atoms with Crippen molar-refractivity contribution in [1.29, 1.82) is 0 Å². The number of hydrogen-bond acceptors (Lipinski definition) is 3. The number of hydrogen-bond donors (Lipinski definition) is 2. The van der Waals surface area contributed by atoms with Gasteiger partial charge < -0.3 is 15.4 Å². The Morgan fingerprint density at radius 1 is 0.943 bits per heavy atom. The molecule has 1 aliphatic rings. The lowest BCUT2D eigenvalue weighted by Crippen LogP contribution is -2.36. The Bertz CT molecular complexity index is 1180. The van der Waals surface area contributed by atoms with Gasteiger partial charge in [-0.2, -0.15) is 0 Å². The Balaban J connectivity index is 1.36. The number of halogens is 2. The van der Waals surface area contributed by atoms with Gasteiger partial charge in [0.2, 0.25) is 0 Å². The van der Waals surface area contributed by atoms with Gasteiger partial charge in [-0.25, -0.2) is 0 Å². The summed E-state index contributed by atoms with van der Waals surface area (Å²) in [6.07, 6.45) is 6.23. The lowest BCUT2D eigenvalue weighted by molar-refractivity contribution is 0.0926. The van der Waals surface area contributed by atoms with Gasteiger partial charge in [-0.05, 0) is 70.7 Å². The first-order chi connectivity index (χ1) is 17.0. The van der Waals surface area contributed by atoms with Gasteiger partial charge in [-0.1, -0.05) is 61.2 Å². The molecule has 0 heterocycles. The van der Waals surface area contributed by atoms with E-state index in [2.05, 4.69) is 38.7 Å². The minimum absolute atomic E-state index is 0.177. The molecule has 0 saturated heterocycles. The Labute approximate surface area is 219 Å². The van der Waals surface area contributed by atoms with E-state index in [0.717, 1.165) is 32.1 Å². The van der Waals surface area contributed by atoms with Crippen LogP contribution < -0.4 is 15.4 Å². The second-order valence-electron chi connectivity index (χ2n) is 8.69. The first-order valence-corrected chi connectivity index (χ1v) is 13.0. The SMILES string of the molecule is O=C(Nc1ccc(Cl)c(C(=O)NC2CCCCC2)c1)c1ccc(OCCc2ccccc2)c(Br)c1. The van der Waals surface area contributed by atoms with Crippen LogP contribution in [0.4, 0.5) is 5.69 Å². The first-order valence-electron chi connectivity index (χ1n) is 11.9. The summed E-state index contributed by atoms with van der Waals surface area (Å²) in [5, 5.41) is 6.29. The van der Waals surface area contributed by atoms with Gasteiger partial charge in [0.15, 0.2) is 0 Å². The highest BCUT2D eigenvalue weighted by Crippen LogP contribution is 2.27. The molecule has 0 spiro atoms. The number of anilines is 1. The Kier molecular flexibility index (Phi) is 8.83. The number of nitrogens with one attached hydrogen (secondary N) is 2. The molecule has 35 heavy (non-hydrogen) atoms. The molecule has 5 nitrogen and oxygen atoms in total. The van der Waals surface area contributed by atoms with Crippen LogP contribution in [0.3, 0.4) is 0 Å². The quantitative estimate of drug-likeness (QED) is 0.313. The van der Waals surface area contributed by atoms with E-state index in [4.69, 9.17) is 16.3 Å². The number of amides is 2. The van der Waals surface area contributed by atoms with Gasteiger partial charge in [0.25, 0.3) is 11.8 Å². The minimum Gasteiger partial charge on any atom is -0.492 e. The largest absolute Gasteiger partial charge is 0.492 e. The predicted octanol–water partition coefficient (Wildman–Crippen LogP) is 7.04. The van der Waals surface area contributed by atoms with Crippen molar-refractivity contribution >= 4 is 45.0 Å². The van der Waals surface area contributed by atoms with Crippen molar-refractivity contribution in [2.45, 2.75) is 44.6 Å². The topological polar surface area (TPSA) is 67.4 Å². The van der Waals surface area contributed by atoms with Gasteiger partial charge in [0, 0.05) is 23.7 Å². The number of carbonyl (C=O) groups excluding carboxylic acids is 2. The molecule has 3 aromatic carbocycles. The highest BCUT2D eigenvalue weighted by atomic mass is 79.9. The molecule has 0 aromatic heterocycles. The maximum Gasteiger partial charge on any atom is 0.255 e. The fraction of sp³-hybridized carbons (Fsp3) is 0.286. The Hall–Kier alpha value is -2.83. The van der Waals surface area contributed by atoms with Gasteiger partial charge in [0.05, 0.1) is 21.7 Å². The molecule has 2 amide bonds. The summed E-state index contributed by atoms with van der Waals surface area (Å²) in [7, 11) is 0. The molecular formula is C28H28BrClN2O3. The monoisotopic (exact) mass is 554 g/mol. The fourth-order valence-corrected chi connectivity index (χ4v) is 4.87. The Morgan fingerprint density at radius 2 is 1.71 bits per heavy atom. The van der Waals surface area contributed by atoms with E-state index in [1.807, 2.05) is 18.2 Å². The first kappa shape index (κ1) is 25.3. The maximum absolute atomic E-state index is 12.9. The summed E-state index contributed by atoms with van der Waals surface area (Å²) in [5.41, 5.74) is 2.54. The van der Waals surface area contributed by atoms with Crippen LogP contribution in [0.2, 0.25) is 5.02 Å². The molecule has 1 fully saturated rings. The molecule has 3 aromatic rings. The molecule has 4 rings (SSSR count). The summed E-state index contributed by atoms with van der Waals surface area (Å²) >= 11 is 9.79. The number of carbonyl (C=O) groups is 2. The highest BCUT2D eigenvalue weighted by molar-refractivity contribution is 9.10. The van der Waals surface area contributed by atoms with E-state index in [1.165, 1.54) is 12.0 Å². The molecule has 182 valence electrons. The van der Waals surface area contributed by atoms with Crippen LogP contribution in [-0.2, 0) is 6.42 Å². The van der Waals surface area contributed by atoms with Crippen LogP contribution in [0.1, 0.15) is 58.4 Å². The molecular weight excluding hydrogens is 528 g/mol. The molecule has 0 radical (unpaired) electrons. The van der Waals surface area contributed by atoms with Crippen molar-refractivity contribution in [3.05, 3.63) is 92.9 Å². The Morgan fingerprint density at radius 3 is 2.46 bits per heavy atom. The summed E-state index contributed by atoms with van der Waals surface area (Å²) in [5.74, 6) is 0.172. The van der Waals surface area contributed by atoms with E-state index in [1.54, 1.807) is 36.4 Å². The van der Waals surface area contributed by atoms with E-state index >= 15 is 0 Å². The zero-order valence-corrected chi connectivity index (χ0v) is 21.7. The molecule has 0 aliphatic heterocycles. The molecule has 2 N–H and O–H groups in total. The molecule has 0 atom stereocenters. The summed E-state index contributed by atoms with van der Waals surface area (Å²) in [6, 6.07) is 20.4. The van der Waals surface area contributed by atoms with Gasteiger partial charge in [-0.3, -0.25) is 9.59 Å². The normalized spacial score (nSPS) is 13.8. The lowest BCUT2D eigenvalue weighted by Gasteiger charge is -2.23. The summed E-state index contributed by atoms with van der Waals surface area (Å²) in [6.45, 7) is 0.532. The molecule has 0 unspecified atom stereocenters. The maximum atomic E-state index is 12.9. The van der Waals surface area contributed by atoms with E-state index < -0.39 is 0 Å². The number of ether oxygens (including phenoxy) is 1. The minimum atomic E-state index is -0.289. The smallest absolute Gasteiger partial charge is 0.255 e. The summed E-state index contributed by atoms with van der Waals surface area (Å²) < 4.78 is 6.57. The third-order valence-electron chi connectivity index (χ3n) is 6.09. The van der Waals surface area contributed by atoms with Gasteiger partial charge in [0.1, 0.15) is 5.75 Å². The predicted molar refractivity (Wildman–Crippen MR) is 144 cm³/mol. The van der Waals surface area contributed by atoms with Crippen LogP contribution >= 0.6 is 27.5 Å². The number of benzene rings is 3. The second-order valence-corrected chi connectivity index (χ2v) is 9.95. The molecule has 0 bridgehead atoms. The average molecular weight is 556 g/mol. The van der Waals surface area contributed by atoms with E-state index in [9.17, 15) is 9.59 Å². The zero-order chi connectivity index (χ0) is 24.6. The van der Waals surface area contributed by atoms with Crippen molar-refractivity contribution < 1.29 is 14.3 Å². The van der Waals surface area contributed by atoms with Crippen molar-refractivity contribution in [1.82, 2.24) is 5.32 Å². The van der Waals surface area contributed by atoms with E-state index in [0.29, 0.717) is 38.7 Å². The average Bonchev–Trinajstić information content (AvgIpc) is 2.87. The van der Waals surface area contributed by atoms with Crippen molar-refractivity contribution in [2.24, 2.45) is 0 Å². The molecule has 1 saturated carbocycles. The highest BCUT2D eigenvalue weighted by Gasteiger charge is 2.19. The second kappa shape index (κ2) is 12.2. The van der Waals surface area contributed by atoms with Crippen LogP contribution in [0, 0.1) is 0 Å². The fourth-order valence-electron chi connectivity index (χ4n) is 4.17. The third-order valence-corrected chi connectivity index (χ3v) is 7.04. The molecule has 7 heteroatoms. The van der Waals surface area contributed by atoms with Crippen molar-refractivity contribution in [2.75, 3.05) is 11.9 Å². The van der Waals surface area contributed by atoms with Gasteiger partial charge in [-0.15, -0.1) is 0 Å². The lowest BCUT2D eigenvalue weighted by atomic mass is 9.95. The number of rotatable bonds is 8. The third kappa shape index (κ3) is 7.09. The van der Waals surface area contributed by atoms with Crippen LogP contribution in [0.25, 0.3) is 0 Å². The van der Waals surface area contributed by atoms with Crippen LogP contribution in [0.15, 0.2) is 71.2 Å².